The highest BCUT2D eigenvalue weighted by atomic mass is 35.5. The number of rotatable bonds is 10. The fourth-order valence-electron chi connectivity index (χ4n) is 2.68. The van der Waals surface area contributed by atoms with Crippen molar-refractivity contribution in [1.29, 1.82) is 0 Å². The van der Waals surface area contributed by atoms with E-state index in [-0.39, 0.29) is 32.0 Å². The minimum Gasteiger partial charge on any atom is -0.394 e. The van der Waals surface area contributed by atoms with Crippen molar-refractivity contribution in [3.8, 4) is 0 Å². The summed E-state index contributed by atoms with van der Waals surface area (Å²) in [6.07, 6.45) is 2.82. The Balaban J connectivity index is 0.00000364. The Morgan fingerprint density at radius 1 is 0.963 bits per heavy atom. The molecule has 0 radical (unpaired) electrons. The van der Waals surface area contributed by atoms with Gasteiger partial charge in [-0.05, 0) is 54.7 Å². The van der Waals surface area contributed by atoms with Crippen molar-refractivity contribution in [2.45, 2.75) is 54.0 Å². The minimum atomic E-state index is -1.17. The number of benzene rings is 2. The number of hydrogen-bond donors (Lipinski definition) is 4. The zero-order valence-electron chi connectivity index (χ0n) is 15.7. The lowest BCUT2D eigenvalue weighted by Crippen LogP contribution is -2.48. The molecule has 5 N–H and O–H groups in total. The van der Waals surface area contributed by atoms with Gasteiger partial charge in [-0.3, -0.25) is 0 Å². The minimum absolute atomic E-state index is 0. The maximum absolute atomic E-state index is 10.3. The molecule has 0 aliphatic heterocycles. The molecule has 0 aromatic heterocycles. The molecule has 0 amide bonds. The Bertz CT molecular complexity index is 660. The summed E-state index contributed by atoms with van der Waals surface area (Å²) in [7, 11) is 0. The molecule has 2 aromatic rings. The summed E-state index contributed by atoms with van der Waals surface area (Å²) in [5.41, 5.74) is 6.76. The quantitative estimate of drug-likeness (QED) is 0.478. The zero-order valence-corrected chi connectivity index (χ0v) is 17.3. The second-order valence-electron chi connectivity index (χ2n) is 6.82. The first-order valence-corrected chi connectivity index (χ1v) is 9.87. The van der Waals surface area contributed by atoms with Crippen molar-refractivity contribution in [2.24, 2.45) is 5.73 Å². The van der Waals surface area contributed by atoms with E-state index in [1.807, 2.05) is 24.3 Å². The normalized spacial score (nSPS) is 12.5. The first-order chi connectivity index (χ1) is 12.5. The number of unbranched alkanes of at least 4 members (excludes halogenated alkanes) is 1. The summed E-state index contributed by atoms with van der Waals surface area (Å²) in [5.74, 6) is 0. The van der Waals surface area contributed by atoms with Crippen LogP contribution in [0.15, 0.2) is 58.3 Å². The molecule has 0 bridgehead atoms. The van der Waals surface area contributed by atoms with E-state index in [1.54, 1.807) is 11.8 Å². The molecule has 0 spiro atoms. The molecule has 27 heavy (non-hydrogen) atoms. The van der Waals surface area contributed by atoms with Gasteiger partial charge in [0.15, 0.2) is 0 Å². The van der Waals surface area contributed by atoms with E-state index in [4.69, 9.17) is 5.73 Å². The van der Waals surface area contributed by atoms with Gasteiger partial charge in [0.05, 0.1) is 24.9 Å². The van der Waals surface area contributed by atoms with Gasteiger partial charge in [0.1, 0.15) is 0 Å². The lowest BCUT2D eigenvalue weighted by atomic mass is 9.92. The third-order valence-corrected chi connectivity index (χ3v) is 5.49. The van der Waals surface area contributed by atoms with Crippen LogP contribution < -0.4 is 5.73 Å². The number of halogens is 1. The van der Waals surface area contributed by atoms with Crippen molar-refractivity contribution < 1.29 is 15.3 Å². The van der Waals surface area contributed by atoms with Gasteiger partial charge < -0.3 is 21.1 Å². The van der Waals surface area contributed by atoms with E-state index < -0.39 is 11.6 Å². The summed E-state index contributed by atoms with van der Waals surface area (Å²) in [5, 5.41) is 28.8. The van der Waals surface area contributed by atoms with Crippen molar-refractivity contribution in [2.75, 3.05) is 13.2 Å². The van der Waals surface area contributed by atoms with Gasteiger partial charge in [0.2, 0.25) is 0 Å². The average Bonchev–Trinajstić information content (AvgIpc) is 2.68. The van der Waals surface area contributed by atoms with Gasteiger partial charge in [-0.1, -0.05) is 49.4 Å². The summed E-state index contributed by atoms with van der Waals surface area (Å²) in [6.45, 7) is 1.46. The highest BCUT2D eigenvalue weighted by molar-refractivity contribution is 7.99. The van der Waals surface area contributed by atoms with E-state index in [0.29, 0.717) is 0 Å². The number of aryl methyl sites for hydroxylation is 1. The second kappa shape index (κ2) is 11.7. The summed E-state index contributed by atoms with van der Waals surface area (Å²) < 4.78 is 0. The highest BCUT2D eigenvalue weighted by Gasteiger charge is 2.27. The van der Waals surface area contributed by atoms with Crippen LogP contribution in [0.3, 0.4) is 0 Å². The van der Waals surface area contributed by atoms with Gasteiger partial charge >= 0.3 is 0 Å². The van der Waals surface area contributed by atoms with Crippen molar-refractivity contribution >= 4 is 24.2 Å². The molecule has 1 unspecified atom stereocenters. The van der Waals surface area contributed by atoms with Gasteiger partial charge in [0, 0.05) is 9.79 Å². The topological polar surface area (TPSA) is 86.7 Å². The Hall–Kier alpha value is -1.08. The number of aliphatic hydroxyl groups is 3. The van der Waals surface area contributed by atoms with Crippen LogP contribution in [0.25, 0.3) is 0 Å². The Kier molecular flexibility index (Phi) is 10.4. The van der Waals surface area contributed by atoms with Crippen LogP contribution in [0.2, 0.25) is 0 Å². The predicted molar refractivity (Wildman–Crippen MR) is 114 cm³/mol. The Labute approximate surface area is 172 Å². The first kappa shape index (κ1) is 24.0. The number of nitrogens with two attached hydrogens (primary N) is 1. The van der Waals surface area contributed by atoms with E-state index in [0.717, 1.165) is 16.9 Å². The molecule has 0 saturated carbocycles. The zero-order chi connectivity index (χ0) is 19.0. The fourth-order valence-corrected chi connectivity index (χ4v) is 3.50. The molecule has 6 heteroatoms. The molecule has 2 aromatic carbocycles. The molecule has 150 valence electrons. The monoisotopic (exact) mass is 411 g/mol. The molecule has 0 fully saturated rings. The van der Waals surface area contributed by atoms with Crippen molar-refractivity contribution in [1.82, 2.24) is 0 Å². The molecule has 2 rings (SSSR count). The maximum atomic E-state index is 10.3. The van der Waals surface area contributed by atoms with E-state index in [9.17, 15) is 15.3 Å². The predicted octanol–water partition coefficient (Wildman–Crippen LogP) is 3.71. The molecular weight excluding hydrogens is 382 g/mol. The standard InChI is InChI=1S/C21H29NO3S.ClH/c1-2-3-4-16-5-9-18(10-6-16)26-19-11-7-17(8-12-19)20(25)13-21(22,14-23)15-24;/h5-12,20,23-25H,2-4,13-15,22H2,1H3;1H. The highest BCUT2D eigenvalue weighted by Crippen LogP contribution is 2.30. The Morgan fingerprint density at radius 2 is 1.48 bits per heavy atom. The molecular formula is C21H30ClNO3S. The SMILES string of the molecule is CCCCc1ccc(Sc2ccc(C(O)CC(N)(CO)CO)cc2)cc1.Cl. The second-order valence-corrected chi connectivity index (χ2v) is 7.96. The fraction of sp³-hybridized carbons (Fsp3) is 0.429. The van der Waals surface area contributed by atoms with Gasteiger partial charge in [0.25, 0.3) is 0 Å². The lowest BCUT2D eigenvalue weighted by Gasteiger charge is -2.27. The van der Waals surface area contributed by atoms with Crippen molar-refractivity contribution in [3.63, 3.8) is 0 Å². The molecule has 0 heterocycles. The van der Waals surface area contributed by atoms with E-state index in [2.05, 4.69) is 31.2 Å². The molecule has 1 atom stereocenters. The van der Waals surface area contributed by atoms with Crippen molar-refractivity contribution in [3.05, 3.63) is 59.7 Å². The third kappa shape index (κ3) is 7.45. The van der Waals surface area contributed by atoms with Crippen LogP contribution in [0.5, 0.6) is 0 Å². The number of aliphatic hydroxyl groups excluding tert-OH is 3. The van der Waals surface area contributed by atoms with Gasteiger partial charge in [-0.15, -0.1) is 12.4 Å². The summed E-state index contributed by atoms with van der Waals surface area (Å²) >= 11 is 1.68. The van der Waals surface area contributed by atoms with E-state index >= 15 is 0 Å². The maximum Gasteiger partial charge on any atom is 0.0809 e. The largest absolute Gasteiger partial charge is 0.394 e. The molecule has 0 aliphatic rings. The molecule has 0 aliphatic carbocycles. The van der Waals surface area contributed by atoms with E-state index in [1.165, 1.54) is 23.3 Å². The summed E-state index contributed by atoms with van der Waals surface area (Å²) in [4.78, 5) is 2.27. The lowest BCUT2D eigenvalue weighted by molar-refractivity contribution is 0.0618. The van der Waals surface area contributed by atoms with Crippen LogP contribution in [0.1, 0.15) is 43.4 Å². The Morgan fingerprint density at radius 3 is 1.96 bits per heavy atom. The average molecular weight is 412 g/mol. The van der Waals surface area contributed by atoms with Gasteiger partial charge in [-0.2, -0.15) is 0 Å². The molecule has 4 nitrogen and oxygen atoms in total. The van der Waals surface area contributed by atoms with Gasteiger partial charge in [-0.25, -0.2) is 0 Å². The van der Waals surface area contributed by atoms with Crippen LogP contribution >= 0.6 is 24.2 Å². The first-order valence-electron chi connectivity index (χ1n) is 9.05. The smallest absolute Gasteiger partial charge is 0.0809 e. The summed E-state index contributed by atoms with van der Waals surface area (Å²) in [6, 6.07) is 16.3. The third-order valence-electron chi connectivity index (χ3n) is 4.47. The van der Waals surface area contributed by atoms with Crippen LogP contribution in [-0.2, 0) is 6.42 Å². The number of hydrogen-bond acceptors (Lipinski definition) is 5. The van der Waals surface area contributed by atoms with Crippen LogP contribution in [-0.4, -0.2) is 34.1 Å². The molecule has 0 saturated heterocycles. The van der Waals surface area contributed by atoms with Crippen LogP contribution in [0.4, 0.5) is 0 Å². The van der Waals surface area contributed by atoms with Crippen LogP contribution in [0, 0.1) is 0 Å².